The van der Waals surface area contributed by atoms with Crippen molar-refractivity contribution in [1.29, 1.82) is 0 Å². The number of hydrogen-bond acceptors (Lipinski definition) is 2. The first-order valence-electron chi connectivity index (χ1n) is 5.10. The average molecular weight is 171 g/mol. The Bertz CT molecular complexity index is 134. The van der Waals surface area contributed by atoms with Gasteiger partial charge >= 0.3 is 0 Å². The highest BCUT2D eigenvalue weighted by atomic mass is 16.5. The summed E-state index contributed by atoms with van der Waals surface area (Å²) in [5.41, 5.74) is 0.0851. The summed E-state index contributed by atoms with van der Waals surface area (Å²) in [5.74, 6) is 0. The molecule has 1 aliphatic heterocycles. The van der Waals surface area contributed by atoms with Gasteiger partial charge in [-0.3, -0.25) is 0 Å². The quantitative estimate of drug-likeness (QED) is 0.700. The molecular weight excluding hydrogens is 150 g/mol. The van der Waals surface area contributed by atoms with Gasteiger partial charge in [-0.1, -0.05) is 20.3 Å². The van der Waals surface area contributed by atoms with Gasteiger partial charge in [-0.05, 0) is 19.8 Å². The molecule has 0 amide bonds. The van der Waals surface area contributed by atoms with Crippen LogP contribution in [-0.4, -0.2) is 24.8 Å². The van der Waals surface area contributed by atoms with Gasteiger partial charge in [-0.15, -0.1) is 0 Å². The second kappa shape index (κ2) is 4.24. The van der Waals surface area contributed by atoms with Crippen molar-refractivity contribution in [3.63, 3.8) is 0 Å². The van der Waals surface area contributed by atoms with Crippen molar-refractivity contribution in [2.24, 2.45) is 0 Å². The molecule has 0 bridgehead atoms. The average Bonchev–Trinajstić information content (AvgIpc) is 2.05. The van der Waals surface area contributed by atoms with E-state index in [1.54, 1.807) is 0 Å². The Kier molecular flexibility index (Phi) is 3.53. The van der Waals surface area contributed by atoms with Gasteiger partial charge in [0.05, 0.1) is 12.2 Å². The molecule has 0 aromatic rings. The molecule has 1 N–H and O–H groups in total. The van der Waals surface area contributed by atoms with E-state index in [0.717, 1.165) is 19.6 Å². The SMILES string of the molecule is CCCC1(C)OCCNC1CC. The highest BCUT2D eigenvalue weighted by molar-refractivity contribution is 4.91. The number of hydrogen-bond donors (Lipinski definition) is 1. The molecule has 1 saturated heterocycles. The number of ether oxygens (including phenoxy) is 1. The predicted octanol–water partition coefficient (Wildman–Crippen LogP) is 1.94. The van der Waals surface area contributed by atoms with Crippen LogP contribution in [0.15, 0.2) is 0 Å². The van der Waals surface area contributed by atoms with E-state index in [9.17, 15) is 0 Å². The third-order valence-electron chi connectivity index (χ3n) is 2.82. The second-order valence-electron chi connectivity index (χ2n) is 3.83. The van der Waals surface area contributed by atoms with Crippen LogP contribution >= 0.6 is 0 Å². The summed E-state index contributed by atoms with van der Waals surface area (Å²) in [6.07, 6.45) is 3.53. The van der Waals surface area contributed by atoms with E-state index in [2.05, 4.69) is 26.1 Å². The number of rotatable bonds is 3. The van der Waals surface area contributed by atoms with Crippen LogP contribution in [0.5, 0.6) is 0 Å². The lowest BCUT2D eigenvalue weighted by molar-refractivity contribution is -0.0900. The van der Waals surface area contributed by atoms with Crippen LogP contribution in [0, 0.1) is 0 Å². The van der Waals surface area contributed by atoms with E-state index in [0.29, 0.717) is 6.04 Å². The van der Waals surface area contributed by atoms with Crippen LogP contribution in [-0.2, 0) is 4.74 Å². The highest BCUT2D eigenvalue weighted by Crippen LogP contribution is 2.26. The minimum absolute atomic E-state index is 0.0851. The first kappa shape index (κ1) is 10.0. The normalized spacial score (nSPS) is 36.8. The molecule has 1 aliphatic rings. The van der Waals surface area contributed by atoms with Crippen molar-refractivity contribution in [1.82, 2.24) is 5.32 Å². The molecule has 1 fully saturated rings. The summed E-state index contributed by atoms with van der Waals surface area (Å²) < 4.78 is 5.85. The molecule has 0 aromatic carbocycles. The molecule has 0 aliphatic carbocycles. The first-order chi connectivity index (χ1) is 5.73. The summed E-state index contributed by atoms with van der Waals surface area (Å²) in [6.45, 7) is 8.55. The zero-order valence-corrected chi connectivity index (χ0v) is 8.52. The Balaban J connectivity index is 2.55. The third kappa shape index (κ3) is 1.99. The van der Waals surface area contributed by atoms with Crippen LogP contribution in [0.4, 0.5) is 0 Å². The van der Waals surface area contributed by atoms with Gasteiger partial charge in [0.15, 0.2) is 0 Å². The van der Waals surface area contributed by atoms with Crippen molar-refractivity contribution < 1.29 is 4.74 Å². The maximum atomic E-state index is 5.85. The molecular formula is C10H21NO. The van der Waals surface area contributed by atoms with Crippen molar-refractivity contribution in [3.05, 3.63) is 0 Å². The van der Waals surface area contributed by atoms with E-state index in [1.807, 2.05) is 0 Å². The van der Waals surface area contributed by atoms with Gasteiger partial charge in [0.2, 0.25) is 0 Å². The fraction of sp³-hybridized carbons (Fsp3) is 1.00. The van der Waals surface area contributed by atoms with Gasteiger partial charge in [0.1, 0.15) is 0 Å². The maximum Gasteiger partial charge on any atom is 0.0807 e. The fourth-order valence-corrected chi connectivity index (χ4v) is 2.15. The molecule has 0 saturated carbocycles. The molecule has 1 rings (SSSR count). The second-order valence-corrected chi connectivity index (χ2v) is 3.83. The molecule has 2 atom stereocenters. The van der Waals surface area contributed by atoms with Crippen LogP contribution < -0.4 is 5.32 Å². The highest BCUT2D eigenvalue weighted by Gasteiger charge is 2.35. The molecule has 72 valence electrons. The van der Waals surface area contributed by atoms with E-state index in [-0.39, 0.29) is 5.60 Å². The summed E-state index contributed by atoms with van der Waals surface area (Å²) in [6, 6.07) is 0.547. The summed E-state index contributed by atoms with van der Waals surface area (Å²) in [7, 11) is 0. The topological polar surface area (TPSA) is 21.3 Å². The molecule has 2 unspecified atom stereocenters. The van der Waals surface area contributed by atoms with Crippen LogP contribution in [0.3, 0.4) is 0 Å². The van der Waals surface area contributed by atoms with Gasteiger partial charge in [-0.25, -0.2) is 0 Å². The third-order valence-corrected chi connectivity index (χ3v) is 2.82. The van der Waals surface area contributed by atoms with E-state index < -0.39 is 0 Å². The Hall–Kier alpha value is -0.0800. The lowest BCUT2D eigenvalue weighted by atomic mass is 9.88. The van der Waals surface area contributed by atoms with Crippen LogP contribution in [0.2, 0.25) is 0 Å². The lowest BCUT2D eigenvalue weighted by Gasteiger charge is -2.41. The van der Waals surface area contributed by atoms with Crippen molar-refractivity contribution in [2.75, 3.05) is 13.2 Å². The number of nitrogens with one attached hydrogen (secondary N) is 1. The monoisotopic (exact) mass is 171 g/mol. The number of morpholine rings is 1. The summed E-state index contributed by atoms with van der Waals surface area (Å²) >= 11 is 0. The zero-order valence-electron chi connectivity index (χ0n) is 8.52. The van der Waals surface area contributed by atoms with Crippen LogP contribution in [0.25, 0.3) is 0 Å². The summed E-state index contributed by atoms with van der Waals surface area (Å²) in [5, 5.41) is 3.52. The van der Waals surface area contributed by atoms with E-state index in [4.69, 9.17) is 4.74 Å². The fourth-order valence-electron chi connectivity index (χ4n) is 2.15. The van der Waals surface area contributed by atoms with Crippen molar-refractivity contribution >= 4 is 0 Å². The van der Waals surface area contributed by atoms with Gasteiger partial charge in [0.25, 0.3) is 0 Å². The largest absolute Gasteiger partial charge is 0.372 e. The lowest BCUT2D eigenvalue weighted by Crippen LogP contribution is -2.55. The van der Waals surface area contributed by atoms with E-state index >= 15 is 0 Å². The molecule has 0 spiro atoms. The predicted molar refractivity (Wildman–Crippen MR) is 51.3 cm³/mol. The van der Waals surface area contributed by atoms with Gasteiger partial charge < -0.3 is 10.1 Å². The standard InChI is InChI=1S/C10H21NO/c1-4-6-10(3)9(5-2)11-7-8-12-10/h9,11H,4-8H2,1-3H3. The smallest absolute Gasteiger partial charge is 0.0807 e. The van der Waals surface area contributed by atoms with E-state index in [1.165, 1.54) is 12.8 Å². The minimum atomic E-state index is 0.0851. The maximum absolute atomic E-state index is 5.85. The zero-order chi connectivity index (χ0) is 9.03. The van der Waals surface area contributed by atoms with Crippen molar-refractivity contribution in [3.8, 4) is 0 Å². The van der Waals surface area contributed by atoms with Gasteiger partial charge in [0, 0.05) is 12.6 Å². The van der Waals surface area contributed by atoms with Crippen LogP contribution in [0.1, 0.15) is 40.0 Å². The first-order valence-corrected chi connectivity index (χ1v) is 5.10. The Morgan fingerprint density at radius 3 is 2.83 bits per heavy atom. The molecule has 1 heterocycles. The Morgan fingerprint density at radius 1 is 1.50 bits per heavy atom. The van der Waals surface area contributed by atoms with Gasteiger partial charge in [-0.2, -0.15) is 0 Å². The Morgan fingerprint density at radius 2 is 2.25 bits per heavy atom. The molecule has 0 aromatic heterocycles. The molecule has 2 nitrogen and oxygen atoms in total. The molecule has 12 heavy (non-hydrogen) atoms. The van der Waals surface area contributed by atoms with Crippen molar-refractivity contribution in [2.45, 2.75) is 51.7 Å². The molecule has 2 heteroatoms. The summed E-state index contributed by atoms with van der Waals surface area (Å²) in [4.78, 5) is 0. The molecule has 0 radical (unpaired) electrons. The minimum Gasteiger partial charge on any atom is -0.372 e. The Labute approximate surface area is 75.7 Å².